The summed E-state index contributed by atoms with van der Waals surface area (Å²) < 4.78 is 1.81. The minimum atomic E-state index is 0.723. The van der Waals surface area contributed by atoms with Crippen LogP contribution in [-0.2, 0) is 7.05 Å². The SMILES string of the molecule is Cc1cc2c(cnn2C)cc1C#N. The molecule has 2 rings (SSSR count). The Morgan fingerprint density at radius 2 is 2.23 bits per heavy atom. The summed E-state index contributed by atoms with van der Waals surface area (Å²) in [6, 6.07) is 6.02. The van der Waals surface area contributed by atoms with Crippen molar-refractivity contribution in [2.24, 2.45) is 7.05 Å². The molecule has 0 saturated heterocycles. The van der Waals surface area contributed by atoms with Gasteiger partial charge in [0.05, 0.1) is 23.3 Å². The van der Waals surface area contributed by atoms with E-state index in [4.69, 9.17) is 5.26 Å². The zero-order chi connectivity index (χ0) is 9.42. The van der Waals surface area contributed by atoms with Crippen molar-refractivity contribution in [2.75, 3.05) is 0 Å². The van der Waals surface area contributed by atoms with E-state index in [1.54, 1.807) is 6.20 Å². The lowest BCUT2D eigenvalue weighted by Crippen LogP contribution is -1.90. The van der Waals surface area contributed by atoms with Gasteiger partial charge in [0.25, 0.3) is 0 Å². The van der Waals surface area contributed by atoms with Gasteiger partial charge < -0.3 is 0 Å². The van der Waals surface area contributed by atoms with Gasteiger partial charge in [0.2, 0.25) is 0 Å². The van der Waals surface area contributed by atoms with Gasteiger partial charge >= 0.3 is 0 Å². The summed E-state index contributed by atoms with van der Waals surface area (Å²) >= 11 is 0. The first-order chi connectivity index (χ1) is 6.22. The normalized spacial score (nSPS) is 10.2. The third-order valence-corrected chi connectivity index (χ3v) is 2.21. The molecule has 0 aliphatic carbocycles. The molecule has 0 amide bonds. The molecule has 3 heteroatoms. The van der Waals surface area contributed by atoms with E-state index in [1.807, 2.05) is 30.8 Å². The van der Waals surface area contributed by atoms with E-state index < -0.39 is 0 Å². The molecule has 2 aromatic rings. The number of aryl methyl sites for hydroxylation is 2. The fourth-order valence-corrected chi connectivity index (χ4v) is 1.42. The quantitative estimate of drug-likeness (QED) is 0.606. The van der Waals surface area contributed by atoms with Crippen molar-refractivity contribution < 1.29 is 0 Å². The predicted molar refractivity (Wildman–Crippen MR) is 50.2 cm³/mol. The molecular formula is C10H9N3. The van der Waals surface area contributed by atoms with Crippen molar-refractivity contribution in [2.45, 2.75) is 6.92 Å². The van der Waals surface area contributed by atoms with E-state index in [9.17, 15) is 0 Å². The van der Waals surface area contributed by atoms with E-state index in [-0.39, 0.29) is 0 Å². The van der Waals surface area contributed by atoms with Crippen LogP contribution in [0.3, 0.4) is 0 Å². The number of hydrogen-bond acceptors (Lipinski definition) is 2. The third-order valence-electron chi connectivity index (χ3n) is 2.21. The third kappa shape index (κ3) is 1.07. The summed E-state index contributed by atoms with van der Waals surface area (Å²) in [5.41, 5.74) is 2.79. The maximum Gasteiger partial charge on any atom is 0.0994 e. The molecule has 0 fully saturated rings. The number of hydrogen-bond donors (Lipinski definition) is 0. The molecule has 1 aromatic carbocycles. The van der Waals surface area contributed by atoms with Crippen LogP contribution in [0.25, 0.3) is 10.9 Å². The average Bonchev–Trinajstić information content (AvgIpc) is 2.47. The number of nitriles is 1. The molecule has 0 spiro atoms. The van der Waals surface area contributed by atoms with Crippen LogP contribution in [0.2, 0.25) is 0 Å². The molecular weight excluding hydrogens is 162 g/mol. The average molecular weight is 171 g/mol. The van der Waals surface area contributed by atoms with Crippen molar-refractivity contribution >= 4 is 10.9 Å². The lowest BCUT2D eigenvalue weighted by atomic mass is 10.1. The highest BCUT2D eigenvalue weighted by molar-refractivity contribution is 5.81. The molecule has 1 aromatic heterocycles. The molecule has 0 saturated carbocycles. The number of nitrogens with zero attached hydrogens (tertiary/aromatic N) is 3. The summed E-state index contributed by atoms with van der Waals surface area (Å²) in [5.74, 6) is 0. The minimum absolute atomic E-state index is 0.723. The molecule has 3 nitrogen and oxygen atoms in total. The van der Waals surface area contributed by atoms with Gasteiger partial charge in [0, 0.05) is 12.4 Å². The van der Waals surface area contributed by atoms with Crippen molar-refractivity contribution in [3.63, 3.8) is 0 Å². The molecule has 0 N–H and O–H groups in total. The lowest BCUT2D eigenvalue weighted by Gasteiger charge is -1.98. The highest BCUT2D eigenvalue weighted by Gasteiger charge is 2.03. The lowest BCUT2D eigenvalue weighted by molar-refractivity contribution is 0.796. The Bertz CT molecular complexity index is 503. The van der Waals surface area contributed by atoms with Gasteiger partial charge in [-0.25, -0.2) is 0 Å². The molecule has 0 bridgehead atoms. The molecule has 0 aliphatic heterocycles. The van der Waals surface area contributed by atoms with Gasteiger partial charge in [-0.05, 0) is 24.6 Å². The molecule has 13 heavy (non-hydrogen) atoms. The maximum atomic E-state index is 8.81. The highest BCUT2D eigenvalue weighted by atomic mass is 15.2. The maximum absolute atomic E-state index is 8.81. The van der Waals surface area contributed by atoms with E-state index in [0.717, 1.165) is 22.0 Å². The van der Waals surface area contributed by atoms with Crippen LogP contribution in [0.5, 0.6) is 0 Å². The summed E-state index contributed by atoms with van der Waals surface area (Å²) in [5, 5.41) is 13.9. The van der Waals surface area contributed by atoms with E-state index >= 15 is 0 Å². The molecule has 0 atom stereocenters. The van der Waals surface area contributed by atoms with Gasteiger partial charge in [-0.3, -0.25) is 4.68 Å². The minimum Gasteiger partial charge on any atom is -0.268 e. The van der Waals surface area contributed by atoms with E-state index in [0.29, 0.717) is 0 Å². The Hall–Kier alpha value is -1.82. The zero-order valence-corrected chi connectivity index (χ0v) is 7.57. The van der Waals surface area contributed by atoms with Crippen LogP contribution < -0.4 is 0 Å². The number of benzene rings is 1. The zero-order valence-electron chi connectivity index (χ0n) is 7.57. The summed E-state index contributed by atoms with van der Waals surface area (Å²) in [7, 11) is 1.90. The second-order valence-corrected chi connectivity index (χ2v) is 3.11. The van der Waals surface area contributed by atoms with E-state index in [1.165, 1.54) is 0 Å². The first-order valence-corrected chi connectivity index (χ1v) is 4.05. The Morgan fingerprint density at radius 3 is 2.92 bits per heavy atom. The Morgan fingerprint density at radius 1 is 1.46 bits per heavy atom. The van der Waals surface area contributed by atoms with Crippen LogP contribution in [0.15, 0.2) is 18.3 Å². The molecule has 0 aliphatic rings. The standard InChI is InChI=1S/C10H9N3/c1-7-3-10-9(4-8(7)5-11)6-12-13(10)2/h3-4,6H,1-2H3. The first-order valence-electron chi connectivity index (χ1n) is 4.05. The van der Waals surface area contributed by atoms with E-state index in [2.05, 4.69) is 11.2 Å². The second kappa shape index (κ2) is 2.60. The van der Waals surface area contributed by atoms with Crippen molar-refractivity contribution in [1.82, 2.24) is 9.78 Å². The largest absolute Gasteiger partial charge is 0.268 e. The molecule has 1 heterocycles. The monoisotopic (exact) mass is 171 g/mol. The smallest absolute Gasteiger partial charge is 0.0994 e. The number of fused-ring (bicyclic) bond motifs is 1. The van der Waals surface area contributed by atoms with Gasteiger partial charge in [0.1, 0.15) is 0 Å². The molecule has 0 unspecified atom stereocenters. The molecule has 64 valence electrons. The summed E-state index contributed by atoms with van der Waals surface area (Å²) in [6.07, 6.45) is 1.77. The van der Waals surface area contributed by atoms with Crippen LogP contribution in [-0.4, -0.2) is 9.78 Å². The fourth-order valence-electron chi connectivity index (χ4n) is 1.42. The van der Waals surface area contributed by atoms with Gasteiger partial charge in [0.15, 0.2) is 0 Å². The molecule has 0 radical (unpaired) electrons. The number of rotatable bonds is 0. The first kappa shape index (κ1) is 7.81. The van der Waals surface area contributed by atoms with Crippen LogP contribution in [0.4, 0.5) is 0 Å². The van der Waals surface area contributed by atoms with Crippen molar-refractivity contribution in [1.29, 1.82) is 5.26 Å². The summed E-state index contributed by atoms with van der Waals surface area (Å²) in [4.78, 5) is 0. The Labute approximate surface area is 76.2 Å². The topological polar surface area (TPSA) is 41.6 Å². The van der Waals surface area contributed by atoms with Gasteiger partial charge in [-0.15, -0.1) is 0 Å². The van der Waals surface area contributed by atoms with Gasteiger partial charge in [-0.1, -0.05) is 0 Å². The predicted octanol–water partition coefficient (Wildman–Crippen LogP) is 1.75. The Kier molecular flexibility index (Phi) is 1.56. The fraction of sp³-hybridized carbons (Fsp3) is 0.200. The van der Waals surface area contributed by atoms with Crippen molar-refractivity contribution in [3.8, 4) is 6.07 Å². The number of aromatic nitrogens is 2. The van der Waals surface area contributed by atoms with Crippen LogP contribution in [0, 0.1) is 18.3 Å². The highest BCUT2D eigenvalue weighted by Crippen LogP contribution is 2.17. The Balaban J connectivity index is 2.85. The summed E-state index contributed by atoms with van der Waals surface area (Å²) in [6.45, 7) is 1.94. The van der Waals surface area contributed by atoms with Crippen LogP contribution >= 0.6 is 0 Å². The van der Waals surface area contributed by atoms with Gasteiger partial charge in [-0.2, -0.15) is 10.4 Å². The van der Waals surface area contributed by atoms with Crippen LogP contribution in [0.1, 0.15) is 11.1 Å². The van der Waals surface area contributed by atoms with Crippen molar-refractivity contribution in [3.05, 3.63) is 29.5 Å². The second-order valence-electron chi connectivity index (χ2n) is 3.11.